The van der Waals surface area contributed by atoms with Crippen molar-refractivity contribution in [1.82, 2.24) is 14.8 Å². The molecule has 2 heterocycles. The number of aromatic nitrogens is 1. The molecule has 0 amide bonds. The Morgan fingerprint density at radius 2 is 1.86 bits per heavy atom. The summed E-state index contributed by atoms with van der Waals surface area (Å²) in [4.78, 5) is 7.91. The Labute approximate surface area is 126 Å². The SMILES string of the molecule is NC(=S)c1ncccc1CN1CCN(CC(F)(F)F)CC1. The van der Waals surface area contributed by atoms with Crippen molar-refractivity contribution in [3.8, 4) is 0 Å². The summed E-state index contributed by atoms with van der Waals surface area (Å²) in [6.45, 7) is 1.74. The normalized spacial score (nSPS) is 17.9. The molecule has 0 unspecified atom stereocenters. The molecule has 4 nitrogen and oxygen atoms in total. The Balaban J connectivity index is 1.91. The third kappa shape index (κ3) is 4.90. The average Bonchev–Trinajstić information content (AvgIpc) is 2.40. The van der Waals surface area contributed by atoms with Gasteiger partial charge in [0.1, 0.15) is 10.7 Å². The van der Waals surface area contributed by atoms with Crippen LogP contribution in [0.25, 0.3) is 0 Å². The number of nitrogens with zero attached hydrogens (tertiary/aromatic N) is 3. The van der Waals surface area contributed by atoms with Crippen LogP contribution in [0.2, 0.25) is 0 Å². The van der Waals surface area contributed by atoms with Crippen molar-refractivity contribution in [2.75, 3.05) is 32.7 Å². The van der Waals surface area contributed by atoms with E-state index in [-0.39, 0.29) is 4.99 Å². The van der Waals surface area contributed by atoms with E-state index < -0.39 is 12.7 Å². The smallest absolute Gasteiger partial charge is 0.388 e. The predicted octanol–water partition coefficient (Wildman–Crippen LogP) is 1.40. The number of nitrogens with two attached hydrogens (primary N) is 1. The molecular weight excluding hydrogens is 301 g/mol. The molecule has 1 aliphatic rings. The zero-order valence-electron chi connectivity index (χ0n) is 11.4. The maximum absolute atomic E-state index is 12.3. The number of rotatable bonds is 4. The van der Waals surface area contributed by atoms with Crippen LogP contribution in [-0.4, -0.2) is 58.7 Å². The molecule has 8 heteroatoms. The van der Waals surface area contributed by atoms with Crippen LogP contribution in [0.1, 0.15) is 11.3 Å². The fourth-order valence-corrected chi connectivity index (χ4v) is 2.57. The zero-order chi connectivity index (χ0) is 15.5. The van der Waals surface area contributed by atoms with E-state index in [1.165, 1.54) is 4.90 Å². The molecule has 0 radical (unpaired) electrons. The number of hydrogen-bond acceptors (Lipinski definition) is 4. The number of halogens is 3. The zero-order valence-corrected chi connectivity index (χ0v) is 12.3. The molecule has 2 rings (SSSR count). The molecule has 116 valence electrons. The van der Waals surface area contributed by atoms with Crippen molar-refractivity contribution in [2.45, 2.75) is 12.7 Å². The van der Waals surface area contributed by atoms with Gasteiger partial charge in [-0.25, -0.2) is 0 Å². The Morgan fingerprint density at radius 3 is 2.43 bits per heavy atom. The molecule has 0 atom stereocenters. The van der Waals surface area contributed by atoms with Crippen LogP contribution in [0.5, 0.6) is 0 Å². The monoisotopic (exact) mass is 318 g/mol. The number of alkyl halides is 3. The molecule has 1 saturated heterocycles. The highest BCUT2D eigenvalue weighted by atomic mass is 32.1. The van der Waals surface area contributed by atoms with Gasteiger partial charge in [0.15, 0.2) is 0 Å². The number of hydrogen-bond donors (Lipinski definition) is 1. The second-order valence-electron chi connectivity index (χ2n) is 5.04. The van der Waals surface area contributed by atoms with Crippen molar-refractivity contribution in [3.63, 3.8) is 0 Å². The lowest BCUT2D eigenvalue weighted by Gasteiger charge is -2.35. The van der Waals surface area contributed by atoms with E-state index in [4.69, 9.17) is 18.0 Å². The van der Waals surface area contributed by atoms with Crippen molar-refractivity contribution >= 4 is 17.2 Å². The molecule has 1 aromatic heterocycles. The van der Waals surface area contributed by atoms with Gasteiger partial charge in [0.25, 0.3) is 0 Å². The van der Waals surface area contributed by atoms with Gasteiger partial charge in [0.2, 0.25) is 0 Å². The number of pyridine rings is 1. The fraction of sp³-hybridized carbons (Fsp3) is 0.538. The lowest BCUT2D eigenvalue weighted by Crippen LogP contribution is -2.48. The van der Waals surface area contributed by atoms with Gasteiger partial charge < -0.3 is 5.73 Å². The molecule has 0 spiro atoms. The van der Waals surface area contributed by atoms with Crippen molar-refractivity contribution in [2.24, 2.45) is 5.73 Å². The Kier molecular flexibility index (Phi) is 5.13. The Morgan fingerprint density at radius 1 is 1.24 bits per heavy atom. The first-order valence-electron chi connectivity index (χ1n) is 6.60. The molecule has 0 aliphatic carbocycles. The summed E-state index contributed by atoms with van der Waals surface area (Å²) in [5, 5.41) is 0. The quantitative estimate of drug-likeness (QED) is 0.850. The predicted molar refractivity (Wildman–Crippen MR) is 77.9 cm³/mol. The third-order valence-electron chi connectivity index (χ3n) is 3.39. The molecule has 0 bridgehead atoms. The molecule has 1 aliphatic heterocycles. The molecule has 1 aromatic rings. The van der Waals surface area contributed by atoms with Gasteiger partial charge in [-0.1, -0.05) is 18.3 Å². The number of piperazine rings is 1. The van der Waals surface area contributed by atoms with Gasteiger partial charge in [0.05, 0.1) is 6.54 Å². The van der Waals surface area contributed by atoms with Crippen LogP contribution in [0.4, 0.5) is 13.2 Å². The van der Waals surface area contributed by atoms with Crippen molar-refractivity contribution in [3.05, 3.63) is 29.6 Å². The summed E-state index contributed by atoms with van der Waals surface area (Å²) in [6.07, 6.45) is -2.51. The van der Waals surface area contributed by atoms with E-state index in [1.807, 2.05) is 6.07 Å². The molecule has 0 saturated carbocycles. The fourth-order valence-electron chi connectivity index (χ4n) is 2.39. The lowest BCUT2D eigenvalue weighted by molar-refractivity contribution is -0.149. The highest BCUT2D eigenvalue weighted by Gasteiger charge is 2.32. The maximum atomic E-state index is 12.3. The van der Waals surface area contributed by atoms with E-state index in [1.54, 1.807) is 12.3 Å². The van der Waals surface area contributed by atoms with Crippen molar-refractivity contribution < 1.29 is 13.2 Å². The standard InChI is InChI=1S/C13H17F3N4S/c14-13(15,16)9-20-6-4-19(5-7-20)8-10-2-1-3-18-11(10)12(17)21/h1-3H,4-9H2,(H2,17,21). The van der Waals surface area contributed by atoms with Crippen LogP contribution in [0.15, 0.2) is 18.3 Å². The minimum atomic E-state index is -4.13. The van der Waals surface area contributed by atoms with E-state index in [9.17, 15) is 13.2 Å². The van der Waals surface area contributed by atoms with Gasteiger partial charge in [-0.2, -0.15) is 13.2 Å². The van der Waals surface area contributed by atoms with E-state index >= 15 is 0 Å². The van der Waals surface area contributed by atoms with Gasteiger partial charge >= 0.3 is 6.18 Å². The minimum absolute atomic E-state index is 0.237. The Hall–Kier alpha value is -1.25. The van der Waals surface area contributed by atoms with E-state index in [2.05, 4.69) is 9.88 Å². The third-order valence-corrected chi connectivity index (χ3v) is 3.58. The van der Waals surface area contributed by atoms with Crippen LogP contribution < -0.4 is 5.73 Å². The topological polar surface area (TPSA) is 45.4 Å². The van der Waals surface area contributed by atoms with Crippen LogP contribution in [-0.2, 0) is 6.54 Å². The highest BCUT2D eigenvalue weighted by molar-refractivity contribution is 7.80. The van der Waals surface area contributed by atoms with Gasteiger partial charge in [0, 0.05) is 38.9 Å². The van der Waals surface area contributed by atoms with Crippen molar-refractivity contribution in [1.29, 1.82) is 0 Å². The summed E-state index contributed by atoms with van der Waals surface area (Å²) in [7, 11) is 0. The van der Waals surface area contributed by atoms with E-state index in [0.717, 1.165) is 5.56 Å². The first-order valence-corrected chi connectivity index (χ1v) is 7.01. The summed E-state index contributed by atoms with van der Waals surface area (Å²) in [5.41, 5.74) is 7.13. The summed E-state index contributed by atoms with van der Waals surface area (Å²) >= 11 is 4.96. The molecule has 2 N–H and O–H groups in total. The first kappa shape index (κ1) is 16.1. The van der Waals surface area contributed by atoms with E-state index in [0.29, 0.717) is 38.4 Å². The number of thiocarbonyl (C=S) groups is 1. The Bertz CT molecular complexity index is 498. The first-order chi connectivity index (χ1) is 9.85. The second kappa shape index (κ2) is 6.67. The molecular formula is C13H17F3N4S. The van der Waals surface area contributed by atoms with Crippen LogP contribution >= 0.6 is 12.2 Å². The second-order valence-corrected chi connectivity index (χ2v) is 5.48. The lowest BCUT2D eigenvalue weighted by atomic mass is 10.1. The summed E-state index contributed by atoms with van der Waals surface area (Å²) in [5.74, 6) is 0. The summed E-state index contributed by atoms with van der Waals surface area (Å²) in [6, 6.07) is 3.70. The molecule has 0 aromatic carbocycles. The molecule has 21 heavy (non-hydrogen) atoms. The van der Waals surface area contributed by atoms with Crippen LogP contribution in [0, 0.1) is 0 Å². The average molecular weight is 318 g/mol. The molecule has 1 fully saturated rings. The van der Waals surface area contributed by atoms with Gasteiger partial charge in [-0.15, -0.1) is 0 Å². The van der Waals surface area contributed by atoms with Crippen LogP contribution in [0.3, 0.4) is 0 Å². The van der Waals surface area contributed by atoms with Gasteiger partial charge in [-0.05, 0) is 11.6 Å². The highest BCUT2D eigenvalue weighted by Crippen LogP contribution is 2.18. The maximum Gasteiger partial charge on any atom is 0.401 e. The largest absolute Gasteiger partial charge is 0.401 e. The summed E-state index contributed by atoms with van der Waals surface area (Å²) < 4.78 is 37.0. The minimum Gasteiger partial charge on any atom is -0.388 e. The van der Waals surface area contributed by atoms with Gasteiger partial charge in [-0.3, -0.25) is 14.8 Å².